The summed E-state index contributed by atoms with van der Waals surface area (Å²) in [5, 5.41) is 0. The van der Waals surface area contributed by atoms with Gasteiger partial charge in [0.2, 0.25) is 0 Å². The van der Waals surface area contributed by atoms with Crippen molar-refractivity contribution in [2.75, 3.05) is 6.61 Å². The maximum absolute atomic E-state index is 11.4. The van der Waals surface area contributed by atoms with Gasteiger partial charge in [0, 0.05) is 0 Å². The second kappa shape index (κ2) is 5.57. The second-order valence-corrected chi connectivity index (χ2v) is 3.12. The zero-order valence-electron chi connectivity index (χ0n) is 8.03. The molecule has 2 heteroatoms. The quantitative estimate of drug-likeness (QED) is 0.610. The normalized spacial score (nSPS) is 27.0. The largest absolute Gasteiger partial charge is 0.466 e. The molecule has 0 bridgehead atoms. The zero-order valence-corrected chi connectivity index (χ0v) is 8.03. The van der Waals surface area contributed by atoms with Crippen molar-refractivity contribution in [3.63, 3.8) is 0 Å². The third kappa shape index (κ3) is 3.45. The highest BCUT2D eigenvalue weighted by Crippen LogP contribution is 2.16. The predicted octanol–water partition coefficient (Wildman–Crippen LogP) is 2.46. The van der Waals surface area contributed by atoms with E-state index in [1.165, 1.54) is 0 Å². The lowest BCUT2D eigenvalue weighted by Crippen LogP contribution is -2.17. The molecule has 0 radical (unpaired) electrons. The minimum absolute atomic E-state index is 0.0533. The number of hydrogen-bond donors (Lipinski definition) is 0. The SMILES string of the molecule is CCOC(=O)C1C/C=C\C=C/CC1. The highest BCUT2D eigenvalue weighted by Gasteiger charge is 2.17. The van der Waals surface area contributed by atoms with Gasteiger partial charge in [0.25, 0.3) is 0 Å². The number of rotatable bonds is 2. The molecule has 1 rings (SSSR count). The standard InChI is InChI=1S/C11H16O2/c1-2-13-11(12)10-8-6-4-3-5-7-9-10/h3-6,10H,2,7-9H2,1H3/b5-3-,6-4-. The highest BCUT2D eigenvalue weighted by molar-refractivity contribution is 5.72. The lowest BCUT2D eigenvalue weighted by Gasteiger charge is -2.13. The summed E-state index contributed by atoms with van der Waals surface area (Å²) in [4.78, 5) is 11.4. The maximum Gasteiger partial charge on any atom is 0.309 e. The molecular weight excluding hydrogens is 164 g/mol. The van der Waals surface area contributed by atoms with Gasteiger partial charge < -0.3 is 4.74 Å². The Morgan fingerprint density at radius 1 is 1.46 bits per heavy atom. The van der Waals surface area contributed by atoms with E-state index in [1.54, 1.807) is 0 Å². The number of carbonyl (C=O) groups is 1. The Morgan fingerprint density at radius 2 is 2.23 bits per heavy atom. The number of carbonyl (C=O) groups excluding carboxylic acids is 1. The van der Waals surface area contributed by atoms with Gasteiger partial charge in [-0.2, -0.15) is 0 Å². The van der Waals surface area contributed by atoms with E-state index in [-0.39, 0.29) is 11.9 Å². The summed E-state index contributed by atoms with van der Waals surface area (Å²) in [7, 11) is 0. The summed E-state index contributed by atoms with van der Waals surface area (Å²) in [6.45, 7) is 2.32. The van der Waals surface area contributed by atoms with Crippen LogP contribution < -0.4 is 0 Å². The van der Waals surface area contributed by atoms with Crippen LogP contribution in [0, 0.1) is 5.92 Å². The molecule has 0 heterocycles. The lowest BCUT2D eigenvalue weighted by molar-refractivity contribution is -0.148. The Hall–Kier alpha value is -1.05. The van der Waals surface area contributed by atoms with Gasteiger partial charge in [-0.3, -0.25) is 4.79 Å². The first-order chi connectivity index (χ1) is 6.34. The van der Waals surface area contributed by atoms with Gasteiger partial charge >= 0.3 is 5.97 Å². The van der Waals surface area contributed by atoms with Crippen molar-refractivity contribution in [2.24, 2.45) is 5.92 Å². The van der Waals surface area contributed by atoms with Gasteiger partial charge in [-0.25, -0.2) is 0 Å². The molecule has 1 aliphatic carbocycles. The predicted molar refractivity (Wildman–Crippen MR) is 52.3 cm³/mol. The van der Waals surface area contributed by atoms with Crippen LogP contribution in [-0.4, -0.2) is 12.6 Å². The van der Waals surface area contributed by atoms with Crippen LogP contribution in [0.5, 0.6) is 0 Å². The van der Waals surface area contributed by atoms with Gasteiger partial charge in [-0.15, -0.1) is 0 Å². The van der Waals surface area contributed by atoms with E-state index in [0.717, 1.165) is 19.3 Å². The van der Waals surface area contributed by atoms with Crippen molar-refractivity contribution in [1.82, 2.24) is 0 Å². The second-order valence-electron chi connectivity index (χ2n) is 3.12. The van der Waals surface area contributed by atoms with Crippen LogP contribution in [0.2, 0.25) is 0 Å². The van der Waals surface area contributed by atoms with E-state index >= 15 is 0 Å². The lowest BCUT2D eigenvalue weighted by atomic mass is 9.97. The van der Waals surface area contributed by atoms with E-state index in [9.17, 15) is 4.79 Å². The first-order valence-corrected chi connectivity index (χ1v) is 4.83. The smallest absolute Gasteiger partial charge is 0.309 e. The van der Waals surface area contributed by atoms with Crippen LogP contribution in [0.3, 0.4) is 0 Å². The van der Waals surface area contributed by atoms with Crippen LogP contribution >= 0.6 is 0 Å². The molecule has 0 aromatic rings. The van der Waals surface area contributed by atoms with Crippen LogP contribution in [0.1, 0.15) is 26.2 Å². The summed E-state index contributed by atoms with van der Waals surface area (Å²) < 4.78 is 4.98. The van der Waals surface area contributed by atoms with E-state index in [1.807, 2.05) is 25.2 Å². The Balaban J connectivity index is 2.45. The molecule has 2 nitrogen and oxygen atoms in total. The topological polar surface area (TPSA) is 26.3 Å². The molecule has 1 atom stereocenters. The van der Waals surface area contributed by atoms with Crippen LogP contribution in [-0.2, 0) is 9.53 Å². The van der Waals surface area contributed by atoms with E-state index in [4.69, 9.17) is 4.74 Å². The molecule has 0 aromatic carbocycles. The summed E-state index contributed by atoms with van der Waals surface area (Å²) in [6.07, 6.45) is 10.8. The van der Waals surface area contributed by atoms with Crippen molar-refractivity contribution < 1.29 is 9.53 Å². The van der Waals surface area contributed by atoms with Gasteiger partial charge in [-0.05, 0) is 26.2 Å². The molecule has 0 spiro atoms. The van der Waals surface area contributed by atoms with Gasteiger partial charge in [0.1, 0.15) is 0 Å². The van der Waals surface area contributed by atoms with Gasteiger partial charge in [0.05, 0.1) is 12.5 Å². The molecule has 1 unspecified atom stereocenters. The molecule has 0 saturated heterocycles. The number of allylic oxidation sites excluding steroid dienone is 4. The van der Waals surface area contributed by atoms with Crippen LogP contribution in [0.15, 0.2) is 24.3 Å². The maximum atomic E-state index is 11.4. The number of ether oxygens (including phenoxy) is 1. The highest BCUT2D eigenvalue weighted by atomic mass is 16.5. The van der Waals surface area contributed by atoms with E-state index in [2.05, 4.69) is 6.08 Å². The Morgan fingerprint density at radius 3 is 3.00 bits per heavy atom. The van der Waals surface area contributed by atoms with Crippen LogP contribution in [0.4, 0.5) is 0 Å². The molecule has 1 aliphatic rings. The van der Waals surface area contributed by atoms with Gasteiger partial charge in [0.15, 0.2) is 0 Å². The molecule has 0 N–H and O–H groups in total. The van der Waals surface area contributed by atoms with Crippen molar-refractivity contribution in [1.29, 1.82) is 0 Å². The summed E-state index contributed by atoms with van der Waals surface area (Å²) in [6, 6.07) is 0. The Kier molecular flexibility index (Phi) is 4.30. The minimum atomic E-state index is -0.0533. The molecule has 0 amide bonds. The monoisotopic (exact) mass is 180 g/mol. The zero-order chi connectivity index (χ0) is 9.52. The molecule has 0 aromatic heterocycles. The van der Waals surface area contributed by atoms with E-state index < -0.39 is 0 Å². The van der Waals surface area contributed by atoms with Gasteiger partial charge in [-0.1, -0.05) is 24.3 Å². The summed E-state index contributed by atoms with van der Waals surface area (Å²) in [5.74, 6) is 0.00333. The van der Waals surface area contributed by atoms with Crippen molar-refractivity contribution in [3.8, 4) is 0 Å². The fraction of sp³-hybridized carbons (Fsp3) is 0.545. The summed E-state index contributed by atoms with van der Waals surface area (Å²) >= 11 is 0. The van der Waals surface area contributed by atoms with Crippen molar-refractivity contribution in [2.45, 2.75) is 26.2 Å². The Labute approximate surface area is 79.3 Å². The van der Waals surface area contributed by atoms with Crippen molar-refractivity contribution in [3.05, 3.63) is 24.3 Å². The minimum Gasteiger partial charge on any atom is -0.466 e. The molecular formula is C11H16O2. The fourth-order valence-electron chi connectivity index (χ4n) is 1.39. The van der Waals surface area contributed by atoms with Crippen LogP contribution in [0.25, 0.3) is 0 Å². The Bertz CT molecular complexity index is 216. The molecule has 0 aliphatic heterocycles. The average Bonchev–Trinajstić information content (AvgIpc) is 2.03. The first-order valence-electron chi connectivity index (χ1n) is 4.83. The summed E-state index contributed by atoms with van der Waals surface area (Å²) in [5.41, 5.74) is 0. The number of hydrogen-bond acceptors (Lipinski definition) is 2. The third-order valence-electron chi connectivity index (χ3n) is 2.11. The van der Waals surface area contributed by atoms with E-state index in [0.29, 0.717) is 6.61 Å². The fourth-order valence-corrected chi connectivity index (χ4v) is 1.39. The molecule has 0 fully saturated rings. The average molecular weight is 180 g/mol. The molecule has 0 saturated carbocycles. The van der Waals surface area contributed by atoms with Crippen molar-refractivity contribution >= 4 is 5.97 Å². The third-order valence-corrected chi connectivity index (χ3v) is 2.11. The first kappa shape index (κ1) is 10.0. The molecule has 13 heavy (non-hydrogen) atoms. The number of esters is 1. The molecule has 72 valence electrons.